The molecule has 120 valence electrons. The molecule has 0 atom stereocenters. The number of halogens is 1. The molecular weight excluding hydrogens is 322 g/mol. The van der Waals surface area contributed by atoms with Crippen LogP contribution in [0.15, 0.2) is 29.6 Å². The van der Waals surface area contributed by atoms with Crippen LogP contribution in [0.25, 0.3) is 11.3 Å². The zero-order chi connectivity index (χ0) is 15.2. The van der Waals surface area contributed by atoms with Crippen molar-refractivity contribution in [3.05, 3.63) is 29.6 Å². The van der Waals surface area contributed by atoms with E-state index in [0.717, 1.165) is 17.0 Å². The normalized spacial score (nSPS) is 10.2. The van der Waals surface area contributed by atoms with Crippen molar-refractivity contribution in [2.45, 2.75) is 20.0 Å². The highest BCUT2D eigenvalue weighted by molar-refractivity contribution is 7.14. The summed E-state index contributed by atoms with van der Waals surface area (Å²) >= 11 is 1.41. The average Bonchev–Trinajstić information content (AvgIpc) is 2.87. The van der Waals surface area contributed by atoms with Gasteiger partial charge in [0, 0.05) is 10.9 Å². The average molecular weight is 342 g/mol. The molecule has 5 nitrogen and oxygen atoms in total. The van der Waals surface area contributed by atoms with Crippen molar-refractivity contribution in [3.63, 3.8) is 0 Å². The van der Waals surface area contributed by atoms with Gasteiger partial charge in [0.1, 0.15) is 5.75 Å². The zero-order valence-corrected chi connectivity index (χ0v) is 14.4. The summed E-state index contributed by atoms with van der Waals surface area (Å²) in [7, 11) is 1.73. The Kier molecular flexibility index (Phi) is 7.31. The minimum atomic E-state index is -0.0981. The summed E-state index contributed by atoms with van der Waals surface area (Å²) in [5, 5.41) is 8.08. The molecule has 22 heavy (non-hydrogen) atoms. The van der Waals surface area contributed by atoms with Crippen LogP contribution in [0.1, 0.15) is 13.8 Å². The predicted octanol–water partition coefficient (Wildman–Crippen LogP) is 3.18. The minimum absolute atomic E-state index is 0. The highest BCUT2D eigenvalue weighted by Gasteiger charge is 2.08. The van der Waals surface area contributed by atoms with Crippen LogP contribution in [0.3, 0.4) is 0 Å². The van der Waals surface area contributed by atoms with Crippen LogP contribution in [-0.4, -0.2) is 30.6 Å². The molecule has 2 aromatic rings. The Labute approximate surface area is 140 Å². The fourth-order valence-corrected chi connectivity index (χ4v) is 2.50. The third-order valence-corrected chi connectivity index (χ3v) is 3.37. The Balaban J connectivity index is 0.00000242. The molecule has 1 heterocycles. The molecule has 2 N–H and O–H groups in total. The van der Waals surface area contributed by atoms with Crippen molar-refractivity contribution in [2.75, 3.05) is 18.9 Å². The third kappa shape index (κ3) is 5.29. The first kappa shape index (κ1) is 18.4. The molecular formula is C15H20ClN3O2S. The first-order valence-electron chi connectivity index (χ1n) is 6.75. The van der Waals surface area contributed by atoms with Gasteiger partial charge in [-0.25, -0.2) is 4.98 Å². The minimum Gasteiger partial charge on any atom is -0.491 e. The Hall–Kier alpha value is -1.63. The van der Waals surface area contributed by atoms with E-state index in [1.54, 1.807) is 7.05 Å². The molecule has 1 aromatic heterocycles. The van der Waals surface area contributed by atoms with Crippen LogP contribution in [0.2, 0.25) is 0 Å². The molecule has 1 aromatic carbocycles. The summed E-state index contributed by atoms with van der Waals surface area (Å²) in [4.78, 5) is 15.9. The van der Waals surface area contributed by atoms with E-state index in [9.17, 15) is 4.79 Å². The molecule has 0 aliphatic carbocycles. The molecule has 0 radical (unpaired) electrons. The molecule has 0 saturated heterocycles. The SMILES string of the molecule is CNCC(=O)Nc1nc(-c2ccc(OC(C)C)cc2)cs1.Cl. The van der Waals surface area contributed by atoms with Crippen molar-refractivity contribution >= 4 is 34.8 Å². The second-order valence-electron chi connectivity index (χ2n) is 4.81. The highest BCUT2D eigenvalue weighted by atomic mass is 35.5. The number of nitrogens with zero attached hydrogens (tertiary/aromatic N) is 1. The number of rotatable bonds is 6. The second kappa shape index (κ2) is 8.73. The van der Waals surface area contributed by atoms with Gasteiger partial charge in [-0.3, -0.25) is 4.79 Å². The lowest BCUT2D eigenvalue weighted by Crippen LogP contribution is -2.24. The Bertz CT molecular complexity index is 599. The van der Waals surface area contributed by atoms with Gasteiger partial charge >= 0.3 is 0 Å². The molecule has 0 saturated carbocycles. The molecule has 0 aliphatic rings. The lowest BCUT2D eigenvalue weighted by atomic mass is 10.2. The van der Waals surface area contributed by atoms with Crippen LogP contribution < -0.4 is 15.4 Å². The van der Waals surface area contributed by atoms with Gasteiger partial charge in [0.2, 0.25) is 5.91 Å². The number of carbonyl (C=O) groups excluding carboxylic acids is 1. The Morgan fingerprint density at radius 2 is 2.00 bits per heavy atom. The van der Waals surface area contributed by atoms with E-state index in [0.29, 0.717) is 5.13 Å². The van der Waals surface area contributed by atoms with E-state index in [4.69, 9.17) is 4.74 Å². The molecule has 0 spiro atoms. The maximum atomic E-state index is 11.5. The zero-order valence-electron chi connectivity index (χ0n) is 12.8. The van der Waals surface area contributed by atoms with E-state index in [1.165, 1.54) is 11.3 Å². The number of benzene rings is 1. The smallest absolute Gasteiger partial charge is 0.240 e. The van der Waals surface area contributed by atoms with Crippen molar-refractivity contribution in [1.29, 1.82) is 0 Å². The van der Waals surface area contributed by atoms with Crippen molar-refractivity contribution in [3.8, 4) is 17.0 Å². The Morgan fingerprint density at radius 1 is 1.32 bits per heavy atom. The molecule has 1 amide bonds. The number of amides is 1. The summed E-state index contributed by atoms with van der Waals surface area (Å²) in [5.74, 6) is 0.741. The van der Waals surface area contributed by atoms with E-state index in [1.807, 2.05) is 43.5 Å². The van der Waals surface area contributed by atoms with Crippen molar-refractivity contribution in [2.24, 2.45) is 0 Å². The number of likely N-dealkylation sites (N-methyl/N-ethyl adjacent to an activating group) is 1. The lowest BCUT2D eigenvalue weighted by Gasteiger charge is -2.09. The van der Waals surface area contributed by atoms with Gasteiger partial charge in [-0.2, -0.15) is 0 Å². The Morgan fingerprint density at radius 3 is 2.59 bits per heavy atom. The monoisotopic (exact) mass is 341 g/mol. The fourth-order valence-electron chi connectivity index (χ4n) is 1.76. The molecule has 0 aliphatic heterocycles. The first-order chi connectivity index (χ1) is 10.1. The van der Waals surface area contributed by atoms with Gasteiger partial charge < -0.3 is 15.4 Å². The van der Waals surface area contributed by atoms with Crippen LogP contribution in [0.5, 0.6) is 5.75 Å². The molecule has 7 heteroatoms. The van der Waals surface area contributed by atoms with Crippen LogP contribution in [0.4, 0.5) is 5.13 Å². The lowest BCUT2D eigenvalue weighted by molar-refractivity contribution is -0.115. The van der Waals surface area contributed by atoms with Gasteiger partial charge in [0.15, 0.2) is 5.13 Å². The number of carbonyl (C=O) groups is 1. The quantitative estimate of drug-likeness (QED) is 0.847. The molecule has 2 rings (SSSR count). The number of anilines is 1. The van der Waals surface area contributed by atoms with Crippen LogP contribution in [-0.2, 0) is 4.79 Å². The van der Waals surface area contributed by atoms with Gasteiger partial charge in [0.25, 0.3) is 0 Å². The van der Waals surface area contributed by atoms with Crippen LogP contribution in [0, 0.1) is 0 Å². The van der Waals surface area contributed by atoms with Gasteiger partial charge in [-0.1, -0.05) is 0 Å². The molecule has 0 fully saturated rings. The van der Waals surface area contributed by atoms with Crippen LogP contribution >= 0.6 is 23.7 Å². The van der Waals surface area contributed by atoms with Crippen molar-refractivity contribution in [1.82, 2.24) is 10.3 Å². The van der Waals surface area contributed by atoms with E-state index < -0.39 is 0 Å². The number of thiazole rings is 1. The van der Waals surface area contributed by atoms with E-state index >= 15 is 0 Å². The van der Waals surface area contributed by atoms with Gasteiger partial charge in [-0.15, -0.1) is 23.7 Å². The topological polar surface area (TPSA) is 63.2 Å². The van der Waals surface area contributed by atoms with Gasteiger partial charge in [-0.05, 0) is 45.2 Å². The molecule has 0 unspecified atom stereocenters. The molecule has 0 bridgehead atoms. The second-order valence-corrected chi connectivity index (χ2v) is 5.67. The standard InChI is InChI=1S/C15H19N3O2S.ClH/c1-10(2)20-12-6-4-11(5-7-12)13-9-21-15(17-13)18-14(19)8-16-3;/h4-7,9-10,16H,8H2,1-3H3,(H,17,18,19);1H. The summed E-state index contributed by atoms with van der Waals surface area (Å²) in [6.07, 6.45) is 0.157. The van der Waals surface area contributed by atoms with Crippen molar-refractivity contribution < 1.29 is 9.53 Å². The third-order valence-electron chi connectivity index (χ3n) is 2.61. The summed E-state index contributed by atoms with van der Waals surface area (Å²) in [5.41, 5.74) is 1.84. The summed E-state index contributed by atoms with van der Waals surface area (Å²) < 4.78 is 5.61. The van der Waals surface area contributed by atoms with E-state index in [-0.39, 0.29) is 31.0 Å². The highest BCUT2D eigenvalue weighted by Crippen LogP contribution is 2.26. The van der Waals surface area contributed by atoms with E-state index in [2.05, 4.69) is 15.6 Å². The fraction of sp³-hybridized carbons (Fsp3) is 0.333. The largest absolute Gasteiger partial charge is 0.491 e. The summed E-state index contributed by atoms with van der Waals surface area (Å²) in [6.45, 7) is 4.26. The summed E-state index contributed by atoms with van der Waals surface area (Å²) in [6, 6.07) is 7.78. The number of ether oxygens (including phenoxy) is 1. The first-order valence-corrected chi connectivity index (χ1v) is 7.63. The van der Waals surface area contributed by atoms with Gasteiger partial charge in [0.05, 0.1) is 18.3 Å². The maximum Gasteiger partial charge on any atom is 0.240 e. The number of hydrogen-bond acceptors (Lipinski definition) is 5. The predicted molar refractivity (Wildman–Crippen MR) is 93.1 cm³/mol. The number of aromatic nitrogens is 1. The maximum absolute atomic E-state index is 11.5. The number of nitrogens with one attached hydrogen (secondary N) is 2. The number of hydrogen-bond donors (Lipinski definition) is 2.